The molecule has 1 fully saturated rings. The largest absolute Gasteiger partial charge is 0.467 e. The van der Waals surface area contributed by atoms with Crippen LogP contribution in [0, 0.1) is 0 Å². The molecule has 1 aliphatic carbocycles. The van der Waals surface area contributed by atoms with Crippen LogP contribution in [0.2, 0.25) is 0 Å². The van der Waals surface area contributed by atoms with E-state index in [0.717, 1.165) is 40.6 Å². The Kier molecular flexibility index (Phi) is 5.48. The Morgan fingerprint density at radius 1 is 1.14 bits per heavy atom. The van der Waals surface area contributed by atoms with Crippen molar-refractivity contribution in [3.63, 3.8) is 0 Å². The molecule has 2 N–H and O–H groups in total. The number of aromatic nitrogens is 3. The smallest absolute Gasteiger partial charge is 0.328 e. The van der Waals surface area contributed by atoms with Crippen LogP contribution in [0.3, 0.4) is 0 Å². The van der Waals surface area contributed by atoms with Gasteiger partial charge >= 0.3 is 5.97 Å². The molecule has 1 aliphatic rings. The van der Waals surface area contributed by atoms with Crippen molar-refractivity contribution >= 4 is 33.9 Å². The lowest BCUT2D eigenvalue weighted by molar-refractivity contribution is -0.142. The van der Waals surface area contributed by atoms with Crippen molar-refractivity contribution in [3.05, 3.63) is 83.7 Å². The van der Waals surface area contributed by atoms with Gasteiger partial charge in [0.2, 0.25) is 0 Å². The molecular formula is C28H24N4O4. The van der Waals surface area contributed by atoms with Crippen molar-refractivity contribution < 1.29 is 18.8 Å². The molecule has 8 nitrogen and oxygen atoms in total. The van der Waals surface area contributed by atoms with Gasteiger partial charge in [-0.1, -0.05) is 53.7 Å². The third kappa shape index (κ3) is 4.00. The maximum absolute atomic E-state index is 13.7. The second-order valence-corrected chi connectivity index (χ2v) is 9.06. The van der Waals surface area contributed by atoms with Crippen LogP contribution in [0.25, 0.3) is 33.3 Å². The molecule has 3 heterocycles. The molecule has 2 aromatic carbocycles. The third-order valence-corrected chi connectivity index (χ3v) is 6.64. The molecular weight excluding hydrogens is 456 g/mol. The average molecular weight is 481 g/mol. The lowest BCUT2D eigenvalue weighted by atomic mass is 10.0. The lowest BCUT2D eigenvalue weighted by Crippen LogP contribution is -2.43. The number of carbonyl (C=O) groups excluding carboxylic acids is 2. The van der Waals surface area contributed by atoms with E-state index in [2.05, 4.69) is 20.4 Å². The molecule has 0 radical (unpaired) electrons. The van der Waals surface area contributed by atoms with E-state index in [1.54, 1.807) is 6.07 Å². The van der Waals surface area contributed by atoms with Gasteiger partial charge in [0.15, 0.2) is 0 Å². The van der Waals surface area contributed by atoms with Crippen molar-refractivity contribution in [1.29, 1.82) is 0 Å². The number of ether oxygens (including phenoxy) is 1. The number of aromatic amines is 1. The van der Waals surface area contributed by atoms with Gasteiger partial charge in [-0.2, -0.15) is 0 Å². The van der Waals surface area contributed by atoms with Gasteiger partial charge in [-0.05, 0) is 30.5 Å². The average Bonchev–Trinajstić information content (AvgIpc) is 3.56. The maximum atomic E-state index is 13.7. The Morgan fingerprint density at radius 3 is 2.69 bits per heavy atom. The number of hydrogen-bond donors (Lipinski definition) is 2. The molecule has 1 atom stereocenters. The molecule has 3 aromatic heterocycles. The fourth-order valence-corrected chi connectivity index (χ4v) is 4.62. The number of carbonyl (C=O) groups is 2. The van der Waals surface area contributed by atoms with Gasteiger partial charge in [-0.15, -0.1) is 0 Å². The summed E-state index contributed by atoms with van der Waals surface area (Å²) in [5.41, 5.74) is 4.73. The minimum atomic E-state index is -0.880. The van der Waals surface area contributed by atoms with Crippen LogP contribution < -0.4 is 5.32 Å². The molecule has 5 aromatic rings. The molecule has 0 bridgehead atoms. The van der Waals surface area contributed by atoms with Gasteiger partial charge in [0.05, 0.1) is 18.1 Å². The summed E-state index contributed by atoms with van der Waals surface area (Å²) in [7, 11) is 1.32. The summed E-state index contributed by atoms with van der Waals surface area (Å²) in [6.45, 7) is 0. The number of H-pyrrole nitrogens is 1. The fourth-order valence-electron chi connectivity index (χ4n) is 4.62. The summed E-state index contributed by atoms with van der Waals surface area (Å²) in [6.07, 6.45) is 4.17. The van der Waals surface area contributed by atoms with Crippen LogP contribution in [0.1, 0.15) is 40.4 Å². The van der Waals surface area contributed by atoms with E-state index >= 15 is 0 Å². The van der Waals surface area contributed by atoms with E-state index in [-0.39, 0.29) is 6.42 Å². The van der Waals surface area contributed by atoms with Crippen molar-refractivity contribution in [2.45, 2.75) is 31.2 Å². The van der Waals surface area contributed by atoms with Crippen LogP contribution in [0.4, 0.5) is 0 Å². The van der Waals surface area contributed by atoms with Gasteiger partial charge in [0, 0.05) is 40.7 Å². The monoisotopic (exact) mass is 480 g/mol. The third-order valence-electron chi connectivity index (χ3n) is 6.64. The fraction of sp³-hybridized carbons (Fsp3) is 0.214. The van der Waals surface area contributed by atoms with Gasteiger partial charge in [-0.3, -0.25) is 4.79 Å². The summed E-state index contributed by atoms with van der Waals surface area (Å²) in [5.74, 6) is -0.622. The van der Waals surface area contributed by atoms with Crippen molar-refractivity contribution in [1.82, 2.24) is 20.4 Å². The van der Waals surface area contributed by atoms with Gasteiger partial charge in [0.1, 0.15) is 11.7 Å². The topological polar surface area (TPSA) is 110 Å². The van der Waals surface area contributed by atoms with Gasteiger partial charge in [0.25, 0.3) is 11.6 Å². The number of fused-ring (bicyclic) bond motifs is 2. The van der Waals surface area contributed by atoms with Crippen molar-refractivity contribution in [2.75, 3.05) is 7.11 Å². The highest BCUT2D eigenvalue weighted by Crippen LogP contribution is 2.41. The summed E-state index contributed by atoms with van der Waals surface area (Å²) < 4.78 is 10.6. The number of pyridine rings is 1. The van der Waals surface area contributed by atoms with Crippen molar-refractivity contribution in [2.24, 2.45) is 0 Å². The van der Waals surface area contributed by atoms with E-state index in [9.17, 15) is 9.59 Å². The second-order valence-electron chi connectivity index (χ2n) is 9.06. The highest BCUT2D eigenvalue weighted by Gasteiger charge is 2.31. The number of methoxy groups -OCH3 is 1. The van der Waals surface area contributed by atoms with E-state index in [1.165, 1.54) is 7.11 Å². The van der Waals surface area contributed by atoms with Crippen LogP contribution in [0.15, 0.2) is 71.4 Å². The van der Waals surface area contributed by atoms with Crippen LogP contribution in [-0.4, -0.2) is 40.2 Å². The molecule has 1 saturated carbocycles. The lowest BCUT2D eigenvalue weighted by Gasteiger charge is -2.17. The highest BCUT2D eigenvalue weighted by molar-refractivity contribution is 6.10. The standard InChI is InChI=1S/C28H24N4O4/c1-35-28(34)23(13-18-15-29-21-10-6-5-9-19(18)21)30-26(33)20-14-22(16-11-12-16)31-27-24(20)25(32-36-27)17-7-3-2-4-8-17/h2-10,14-16,23,29H,11-13H2,1H3,(H,30,33)/t23-/m1/s1. The Bertz CT molecular complexity index is 1580. The summed E-state index contributed by atoms with van der Waals surface area (Å²) in [6, 6.07) is 18.3. The first-order valence-electron chi connectivity index (χ1n) is 11.9. The first-order valence-corrected chi connectivity index (χ1v) is 11.9. The first kappa shape index (κ1) is 22.0. The summed E-state index contributed by atoms with van der Waals surface area (Å²) in [4.78, 5) is 34.3. The number of hydrogen-bond acceptors (Lipinski definition) is 6. The maximum Gasteiger partial charge on any atom is 0.328 e. The predicted molar refractivity (Wildman–Crippen MR) is 134 cm³/mol. The van der Waals surface area contributed by atoms with E-state index in [0.29, 0.717) is 28.3 Å². The van der Waals surface area contributed by atoms with Gasteiger partial charge < -0.3 is 19.6 Å². The number of nitrogens with one attached hydrogen (secondary N) is 2. The van der Waals surface area contributed by atoms with Crippen LogP contribution in [-0.2, 0) is 16.0 Å². The zero-order valence-electron chi connectivity index (χ0n) is 19.7. The van der Waals surface area contributed by atoms with E-state index in [4.69, 9.17) is 9.26 Å². The minimum absolute atomic E-state index is 0.279. The zero-order chi connectivity index (χ0) is 24.6. The quantitative estimate of drug-likeness (QED) is 0.325. The van der Waals surface area contributed by atoms with Crippen molar-refractivity contribution in [3.8, 4) is 11.3 Å². The van der Waals surface area contributed by atoms with Crippen LogP contribution >= 0.6 is 0 Å². The molecule has 0 aliphatic heterocycles. The molecule has 180 valence electrons. The van der Waals surface area contributed by atoms with E-state index < -0.39 is 17.9 Å². The summed E-state index contributed by atoms with van der Waals surface area (Å²) in [5, 5.41) is 8.67. The Balaban J connectivity index is 1.39. The number of para-hydroxylation sites is 1. The molecule has 8 heteroatoms. The molecule has 6 rings (SSSR count). The number of rotatable bonds is 7. The normalized spacial score (nSPS) is 14.1. The molecule has 0 unspecified atom stereocenters. The zero-order valence-corrected chi connectivity index (χ0v) is 19.7. The number of nitrogens with zero attached hydrogens (tertiary/aromatic N) is 2. The molecule has 0 spiro atoms. The number of esters is 1. The number of amides is 1. The highest BCUT2D eigenvalue weighted by atomic mass is 16.5. The molecule has 36 heavy (non-hydrogen) atoms. The first-order chi connectivity index (χ1) is 17.6. The van der Waals surface area contributed by atoms with Crippen LogP contribution in [0.5, 0.6) is 0 Å². The minimum Gasteiger partial charge on any atom is -0.467 e. The SMILES string of the molecule is COC(=O)[C@@H](Cc1c[nH]c2ccccc12)NC(=O)c1cc(C2CC2)nc2onc(-c3ccccc3)c12. The Morgan fingerprint density at radius 2 is 1.92 bits per heavy atom. The Hall–Kier alpha value is -4.46. The van der Waals surface area contributed by atoms with E-state index in [1.807, 2.05) is 60.8 Å². The Labute approximate surface area is 206 Å². The van der Waals surface area contributed by atoms with Gasteiger partial charge in [-0.25, -0.2) is 9.78 Å². The number of benzene rings is 2. The molecule has 0 saturated heterocycles. The predicted octanol–water partition coefficient (Wildman–Crippen LogP) is 4.76. The molecule has 1 amide bonds. The summed E-state index contributed by atoms with van der Waals surface area (Å²) >= 11 is 0. The second kappa shape index (κ2) is 8.96.